The molecule has 1 aliphatic heterocycles. The maximum absolute atomic E-state index is 13.7. The Hall–Kier alpha value is -1.13. The van der Waals surface area contributed by atoms with Crippen LogP contribution in [0.25, 0.3) is 0 Å². The highest BCUT2D eigenvalue weighted by molar-refractivity contribution is 5.56. The molecule has 1 aromatic carbocycles. The van der Waals surface area contributed by atoms with Gasteiger partial charge in [-0.15, -0.1) is 0 Å². The molecule has 1 heterocycles. The molecular formula is C13H18FNO2. The van der Waals surface area contributed by atoms with Gasteiger partial charge in [-0.25, -0.2) is 4.39 Å². The molecule has 0 spiro atoms. The monoisotopic (exact) mass is 239 g/mol. The summed E-state index contributed by atoms with van der Waals surface area (Å²) in [4.78, 5) is 1.99. The lowest BCUT2D eigenvalue weighted by Crippen LogP contribution is -2.33. The molecule has 0 radical (unpaired) electrons. The van der Waals surface area contributed by atoms with Gasteiger partial charge in [0, 0.05) is 17.8 Å². The van der Waals surface area contributed by atoms with Crippen molar-refractivity contribution in [3.63, 3.8) is 0 Å². The second kappa shape index (κ2) is 5.02. The zero-order chi connectivity index (χ0) is 12.4. The first-order valence-corrected chi connectivity index (χ1v) is 5.99. The molecular weight excluding hydrogens is 221 g/mol. The molecule has 1 aliphatic rings. The van der Waals surface area contributed by atoms with Crippen LogP contribution in [0.1, 0.15) is 31.4 Å². The highest BCUT2D eigenvalue weighted by Gasteiger charge is 2.27. The smallest absolute Gasteiger partial charge is 0.131 e. The van der Waals surface area contributed by atoms with Gasteiger partial charge in [0.15, 0.2) is 0 Å². The molecule has 0 aliphatic carbocycles. The number of rotatable bonds is 3. The number of benzene rings is 1. The minimum Gasteiger partial charge on any atom is -0.394 e. The van der Waals surface area contributed by atoms with Crippen LogP contribution in [0.4, 0.5) is 10.1 Å². The first-order chi connectivity index (χ1) is 8.15. The highest BCUT2D eigenvalue weighted by atomic mass is 19.1. The van der Waals surface area contributed by atoms with E-state index in [9.17, 15) is 14.6 Å². The molecule has 0 amide bonds. The van der Waals surface area contributed by atoms with Crippen LogP contribution in [-0.4, -0.2) is 29.4 Å². The zero-order valence-electron chi connectivity index (χ0n) is 9.93. The molecule has 94 valence electrons. The maximum Gasteiger partial charge on any atom is 0.131 e. The predicted molar refractivity (Wildman–Crippen MR) is 64.5 cm³/mol. The minimum absolute atomic E-state index is 0.0364. The van der Waals surface area contributed by atoms with Crippen molar-refractivity contribution in [2.75, 3.05) is 18.1 Å². The Morgan fingerprint density at radius 1 is 1.53 bits per heavy atom. The number of hydrogen-bond acceptors (Lipinski definition) is 3. The van der Waals surface area contributed by atoms with E-state index in [1.54, 1.807) is 19.1 Å². The third-order valence-corrected chi connectivity index (χ3v) is 3.34. The second-order valence-electron chi connectivity index (χ2n) is 4.52. The van der Waals surface area contributed by atoms with Gasteiger partial charge in [-0.05, 0) is 31.9 Å². The van der Waals surface area contributed by atoms with Gasteiger partial charge in [0.05, 0.1) is 18.8 Å². The third-order valence-electron chi connectivity index (χ3n) is 3.34. The lowest BCUT2D eigenvalue weighted by Gasteiger charge is -2.28. The van der Waals surface area contributed by atoms with Crippen LogP contribution in [0.2, 0.25) is 0 Å². The zero-order valence-corrected chi connectivity index (χ0v) is 9.93. The van der Waals surface area contributed by atoms with Crippen molar-refractivity contribution in [3.05, 3.63) is 29.6 Å². The van der Waals surface area contributed by atoms with E-state index in [1.165, 1.54) is 6.07 Å². The third kappa shape index (κ3) is 2.28. The Labute approximate surface area is 100 Å². The number of hydrogen-bond donors (Lipinski definition) is 2. The van der Waals surface area contributed by atoms with Crippen molar-refractivity contribution in [2.24, 2.45) is 0 Å². The van der Waals surface area contributed by atoms with Crippen LogP contribution in [-0.2, 0) is 0 Å². The van der Waals surface area contributed by atoms with Crippen molar-refractivity contribution in [3.8, 4) is 0 Å². The molecule has 1 fully saturated rings. The Bertz CT molecular complexity index is 395. The van der Waals surface area contributed by atoms with Crippen LogP contribution < -0.4 is 4.90 Å². The first-order valence-electron chi connectivity index (χ1n) is 5.99. The van der Waals surface area contributed by atoms with Crippen LogP contribution >= 0.6 is 0 Å². The van der Waals surface area contributed by atoms with Crippen molar-refractivity contribution in [2.45, 2.75) is 31.9 Å². The summed E-state index contributed by atoms with van der Waals surface area (Å²) in [5.41, 5.74) is 1.03. The van der Waals surface area contributed by atoms with E-state index in [1.807, 2.05) is 4.90 Å². The number of aliphatic hydroxyl groups is 2. The summed E-state index contributed by atoms with van der Waals surface area (Å²) < 4.78 is 13.7. The van der Waals surface area contributed by atoms with E-state index in [2.05, 4.69) is 0 Å². The van der Waals surface area contributed by atoms with Crippen molar-refractivity contribution in [1.29, 1.82) is 0 Å². The Balaban J connectivity index is 2.40. The van der Waals surface area contributed by atoms with Crippen LogP contribution in [0.15, 0.2) is 18.2 Å². The largest absolute Gasteiger partial charge is 0.394 e. The van der Waals surface area contributed by atoms with Gasteiger partial charge < -0.3 is 15.1 Å². The molecule has 0 saturated carbocycles. The Morgan fingerprint density at radius 2 is 2.29 bits per heavy atom. The molecule has 17 heavy (non-hydrogen) atoms. The van der Waals surface area contributed by atoms with E-state index < -0.39 is 6.10 Å². The van der Waals surface area contributed by atoms with E-state index in [4.69, 9.17) is 0 Å². The standard InChI is InChI=1S/C13H18FNO2/c1-9(17)13-11(14)5-2-6-12(13)15-7-3-4-10(15)8-16/h2,5-6,9-10,16-17H,3-4,7-8H2,1H3/t9-,10?/m1/s1. The van der Waals surface area contributed by atoms with Gasteiger partial charge in [-0.3, -0.25) is 0 Å². The second-order valence-corrected chi connectivity index (χ2v) is 4.52. The quantitative estimate of drug-likeness (QED) is 0.846. The van der Waals surface area contributed by atoms with E-state index >= 15 is 0 Å². The molecule has 2 atom stereocenters. The molecule has 1 saturated heterocycles. The maximum atomic E-state index is 13.7. The van der Waals surface area contributed by atoms with E-state index in [0.717, 1.165) is 19.4 Å². The van der Waals surface area contributed by atoms with Gasteiger partial charge in [0.1, 0.15) is 5.82 Å². The average molecular weight is 239 g/mol. The topological polar surface area (TPSA) is 43.7 Å². The summed E-state index contributed by atoms with van der Waals surface area (Å²) in [7, 11) is 0. The SMILES string of the molecule is C[C@@H](O)c1c(F)cccc1N1CCCC1CO. The van der Waals surface area contributed by atoms with E-state index in [-0.39, 0.29) is 18.5 Å². The van der Waals surface area contributed by atoms with E-state index in [0.29, 0.717) is 11.3 Å². The Kier molecular flexibility index (Phi) is 3.64. The van der Waals surface area contributed by atoms with Crippen LogP contribution in [0, 0.1) is 5.82 Å². The Morgan fingerprint density at radius 3 is 2.94 bits per heavy atom. The van der Waals surface area contributed by atoms with Crippen molar-refractivity contribution >= 4 is 5.69 Å². The fourth-order valence-electron chi connectivity index (χ4n) is 2.53. The molecule has 1 unspecified atom stereocenters. The molecule has 3 nitrogen and oxygen atoms in total. The van der Waals surface area contributed by atoms with Gasteiger partial charge in [-0.2, -0.15) is 0 Å². The number of halogens is 1. The normalized spacial score (nSPS) is 21.9. The minimum atomic E-state index is -0.842. The summed E-state index contributed by atoms with van der Waals surface area (Å²) >= 11 is 0. The fraction of sp³-hybridized carbons (Fsp3) is 0.538. The van der Waals surface area contributed by atoms with Crippen LogP contribution in [0.3, 0.4) is 0 Å². The van der Waals surface area contributed by atoms with Gasteiger partial charge in [-0.1, -0.05) is 6.07 Å². The summed E-state index contributed by atoms with van der Waals surface area (Å²) in [5.74, 6) is -0.388. The molecule has 4 heteroatoms. The molecule has 0 bridgehead atoms. The fourth-order valence-corrected chi connectivity index (χ4v) is 2.53. The van der Waals surface area contributed by atoms with Gasteiger partial charge in [0.2, 0.25) is 0 Å². The predicted octanol–water partition coefficient (Wildman–Crippen LogP) is 1.84. The number of nitrogens with zero attached hydrogens (tertiary/aromatic N) is 1. The van der Waals surface area contributed by atoms with Gasteiger partial charge in [0.25, 0.3) is 0 Å². The number of anilines is 1. The van der Waals surface area contributed by atoms with Crippen LogP contribution in [0.5, 0.6) is 0 Å². The van der Waals surface area contributed by atoms with Gasteiger partial charge >= 0.3 is 0 Å². The summed E-state index contributed by atoms with van der Waals surface area (Å²) in [6, 6.07) is 4.84. The molecule has 2 N–H and O–H groups in total. The summed E-state index contributed by atoms with van der Waals surface area (Å²) in [6.07, 6.45) is 1.05. The summed E-state index contributed by atoms with van der Waals surface area (Å²) in [6.45, 7) is 2.43. The lowest BCUT2D eigenvalue weighted by atomic mass is 10.1. The summed E-state index contributed by atoms with van der Waals surface area (Å²) in [5, 5.41) is 19.0. The molecule has 2 rings (SSSR count). The highest BCUT2D eigenvalue weighted by Crippen LogP contribution is 2.33. The molecule has 1 aromatic rings. The lowest BCUT2D eigenvalue weighted by molar-refractivity contribution is 0.194. The average Bonchev–Trinajstić information content (AvgIpc) is 2.75. The van der Waals surface area contributed by atoms with Crippen molar-refractivity contribution in [1.82, 2.24) is 0 Å². The first kappa shape index (κ1) is 12.3. The number of aliphatic hydroxyl groups excluding tert-OH is 2. The van der Waals surface area contributed by atoms with Crippen molar-refractivity contribution < 1.29 is 14.6 Å². The molecule has 0 aromatic heterocycles.